The van der Waals surface area contributed by atoms with E-state index in [-0.39, 0.29) is 30.4 Å². The fourth-order valence-electron chi connectivity index (χ4n) is 2.44. The number of amides is 3. The number of hydrogen-bond donors (Lipinski definition) is 1. The van der Waals surface area contributed by atoms with Crippen molar-refractivity contribution in [3.63, 3.8) is 0 Å². The summed E-state index contributed by atoms with van der Waals surface area (Å²) in [6, 6.07) is 3.26. The molecule has 3 amide bonds. The Morgan fingerprint density at radius 2 is 1.92 bits per heavy atom. The van der Waals surface area contributed by atoms with Crippen LogP contribution in [0.2, 0.25) is 0 Å². The number of aromatic nitrogens is 2. The van der Waals surface area contributed by atoms with Crippen molar-refractivity contribution >= 4 is 17.9 Å². The summed E-state index contributed by atoms with van der Waals surface area (Å²) in [4.78, 5) is 31.5. The Morgan fingerprint density at radius 1 is 1.23 bits per heavy atom. The van der Waals surface area contributed by atoms with Crippen molar-refractivity contribution in [1.82, 2.24) is 15.3 Å². The van der Waals surface area contributed by atoms with E-state index in [4.69, 9.17) is 4.74 Å². The first-order valence-electron chi connectivity index (χ1n) is 7.47. The molecular formula is C16H13F3N4O3. The lowest BCUT2D eigenvalue weighted by Gasteiger charge is -2.16. The maximum Gasteiger partial charge on any atom is 0.416 e. The Kier molecular flexibility index (Phi) is 4.49. The third-order valence-electron chi connectivity index (χ3n) is 3.75. The van der Waals surface area contributed by atoms with Gasteiger partial charge in [-0.25, -0.2) is 14.8 Å². The smallest absolute Gasteiger partial charge is 0.416 e. The molecule has 2 aromatic rings. The van der Waals surface area contributed by atoms with Crippen molar-refractivity contribution in [2.24, 2.45) is 0 Å². The van der Waals surface area contributed by atoms with E-state index in [2.05, 4.69) is 15.3 Å². The lowest BCUT2D eigenvalue weighted by Crippen LogP contribution is -2.29. The van der Waals surface area contributed by atoms with Crippen LogP contribution in [0.15, 0.2) is 30.6 Å². The highest BCUT2D eigenvalue weighted by atomic mass is 19.4. The van der Waals surface area contributed by atoms with Gasteiger partial charge < -0.3 is 4.74 Å². The maximum atomic E-state index is 13.1. The second-order valence-electron chi connectivity index (χ2n) is 5.55. The van der Waals surface area contributed by atoms with Crippen LogP contribution in [-0.2, 0) is 17.6 Å². The van der Waals surface area contributed by atoms with E-state index < -0.39 is 23.7 Å². The van der Waals surface area contributed by atoms with Gasteiger partial charge in [-0.15, -0.1) is 0 Å². The highest BCUT2D eigenvalue weighted by molar-refractivity contribution is 6.11. The highest BCUT2D eigenvalue weighted by Crippen LogP contribution is 2.33. The van der Waals surface area contributed by atoms with Gasteiger partial charge in [-0.2, -0.15) is 13.2 Å². The van der Waals surface area contributed by atoms with Crippen molar-refractivity contribution in [1.29, 1.82) is 0 Å². The first-order valence-corrected chi connectivity index (χ1v) is 7.47. The molecular weight excluding hydrogens is 353 g/mol. The van der Waals surface area contributed by atoms with Crippen LogP contribution in [0.5, 0.6) is 5.75 Å². The summed E-state index contributed by atoms with van der Waals surface area (Å²) in [7, 11) is 0. The third kappa shape index (κ3) is 3.58. The number of rotatable bonds is 4. The molecule has 26 heavy (non-hydrogen) atoms. The Bertz CT molecular complexity index is 853. The molecule has 1 saturated heterocycles. The summed E-state index contributed by atoms with van der Waals surface area (Å²) >= 11 is 0. The zero-order valence-electron chi connectivity index (χ0n) is 13.5. The number of halogens is 3. The van der Waals surface area contributed by atoms with Crippen molar-refractivity contribution in [2.75, 3.05) is 11.4 Å². The predicted octanol–water partition coefficient (Wildman–Crippen LogP) is 2.44. The van der Waals surface area contributed by atoms with Crippen LogP contribution in [0.3, 0.4) is 0 Å². The Balaban J connectivity index is 1.74. The molecule has 0 aliphatic carbocycles. The molecule has 0 atom stereocenters. The van der Waals surface area contributed by atoms with Gasteiger partial charge in [0.25, 0.3) is 0 Å². The zero-order valence-corrected chi connectivity index (χ0v) is 13.5. The van der Waals surface area contributed by atoms with Crippen LogP contribution in [0.1, 0.15) is 16.7 Å². The van der Waals surface area contributed by atoms with Crippen molar-refractivity contribution in [2.45, 2.75) is 19.7 Å². The van der Waals surface area contributed by atoms with Crippen molar-refractivity contribution < 1.29 is 27.5 Å². The molecule has 0 radical (unpaired) electrons. The first kappa shape index (κ1) is 17.6. The Labute approximate surface area is 145 Å². The second kappa shape index (κ2) is 6.62. The maximum absolute atomic E-state index is 13.1. The number of aryl methyl sites for hydroxylation is 1. The number of ether oxygens (including phenoxy) is 1. The number of urea groups is 1. The minimum absolute atomic E-state index is 0.00688. The number of hydrogen-bond acceptors (Lipinski definition) is 5. The largest absolute Gasteiger partial charge is 0.486 e. The van der Waals surface area contributed by atoms with Crippen LogP contribution in [0, 0.1) is 6.92 Å². The minimum atomic E-state index is -4.49. The van der Waals surface area contributed by atoms with Crippen molar-refractivity contribution in [3.8, 4) is 5.75 Å². The summed E-state index contributed by atoms with van der Waals surface area (Å²) < 4.78 is 44.7. The standard InChI is InChI=1S/C16H13F3N4O3/c1-9-3-2-4-12(16(17,18)19)11(9)8-26-10-5-20-14(21-6-10)23-7-13(24)22-15(23)25/h2-6H,7-8H2,1H3,(H,22,24,25). The number of benzene rings is 1. The zero-order chi connectivity index (χ0) is 18.9. The molecule has 0 spiro atoms. The highest BCUT2D eigenvalue weighted by Gasteiger charge is 2.34. The number of anilines is 1. The van der Waals surface area contributed by atoms with Gasteiger partial charge in [0.1, 0.15) is 13.2 Å². The third-order valence-corrected chi connectivity index (χ3v) is 3.75. The molecule has 1 aromatic carbocycles. The fraction of sp³-hybridized carbons (Fsp3) is 0.250. The molecule has 1 fully saturated rings. The Morgan fingerprint density at radius 3 is 2.50 bits per heavy atom. The number of imide groups is 1. The van der Waals surface area contributed by atoms with Crippen LogP contribution in [0.4, 0.5) is 23.9 Å². The quantitative estimate of drug-likeness (QED) is 0.841. The van der Waals surface area contributed by atoms with Crippen LogP contribution < -0.4 is 15.0 Å². The van der Waals surface area contributed by atoms with Gasteiger partial charge in [0.05, 0.1) is 18.0 Å². The van der Waals surface area contributed by atoms with Gasteiger partial charge in [-0.1, -0.05) is 12.1 Å². The number of alkyl halides is 3. The van der Waals surface area contributed by atoms with Gasteiger partial charge >= 0.3 is 12.2 Å². The average Bonchev–Trinajstić information content (AvgIpc) is 2.91. The van der Waals surface area contributed by atoms with Gasteiger partial charge in [-0.05, 0) is 18.6 Å². The molecule has 3 rings (SSSR count). The van der Waals surface area contributed by atoms with E-state index in [1.807, 2.05) is 0 Å². The van der Waals surface area contributed by atoms with E-state index in [0.29, 0.717) is 5.56 Å². The fourth-order valence-corrected chi connectivity index (χ4v) is 2.44. The summed E-state index contributed by atoms with van der Waals surface area (Å²) in [5, 5.41) is 2.08. The molecule has 0 bridgehead atoms. The Hall–Kier alpha value is -3.17. The lowest BCUT2D eigenvalue weighted by atomic mass is 10.0. The van der Waals surface area contributed by atoms with E-state index in [1.165, 1.54) is 18.5 Å². The lowest BCUT2D eigenvalue weighted by molar-refractivity contribution is -0.138. The summed E-state index contributed by atoms with van der Waals surface area (Å²) in [5.74, 6) is -0.346. The number of carbonyl (C=O) groups excluding carboxylic acids is 2. The molecule has 10 heteroatoms. The van der Waals surface area contributed by atoms with Crippen LogP contribution in [0.25, 0.3) is 0 Å². The molecule has 0 saturated carbocycles. The first-order chi connectivity index (χ1) is 12.3. The van der Waals surface area contributed by atoms with E-state index in [9.17, 15) is 22.8 Å². The minimum Gasteiger partial charge on any atom is -0.486 e. The predicted molar refractivity (Wildman–Crippen MR) is 83.4 cm³/mol. The molecule has 1 N–H and O–H groups in total. The molecule has 136 valence electrons. The van der Waals surface area contributed by atoms with Gasteiger partial charge in [0, 0.05) is 5.56 Å². The van der Waals surface area contributed by atoms with Gasteiger partial charge in [0.2, 0.25) is 11.9 Å². The number of nitrogens with zero attached hydrogens (tertiary/aromatic N) is 3. The van der Waals surface area contributed by atoms with Crippen molar-refractivity contribution in [3.05, 3.63) is 47.3 Å². The summed E-state index contributed by atoms with van der Waals surface area (Å²) in [6.45, 7) is 1.06. The van der Waals surface area contributed by atoms with Crippen LogP contribution in [-0.4, -0.2) is 28.5 Å². The molecule has 0 unspecified atom stereocenters. The number of nitrogens with one attached hydrogen (secondary N) is 1. The van der Waals surface area contributed by atoms with Gasteiger partial charge in [0.15, 0.2) is 5.75 Å². The SMILES string of the molecule is Cc1cccc(C(F)(F)F)c1COc1cnc(N2CC(=O)NC2=O)nc1. The van der Waals surface area contributed by atoms with E-state index in [0.717, 1.165) is 11.0 Å². The molecule has 1 aliphatic heterocycles. The molecule has 2 heterocycles. The van der Waals surface area contributed by atoms with Crippen LogP contribution >= 0.6 is 0 Å². The molecule has 1 aliphatic rings. The molecule has 7 nitrogen and oxygen atoms in total. The second-order valence-corrected chi connectivity index (χ2v) is 5.55. The van der Waals surface area contributed by atoms with E-state index >= 15 is 0 Å². The topological polar surface area (TPSA) is 84.4 Å². The summed E-state index contributed by atoms with van der Waals surface area (Å²) in [5.41, 5.74) is -0.291. The molecule has 1 aromatic heterocycles. The van der Waals surface area contributed by atoms with E-state index in [1.54, 1.807) is 13.0 Å². The normalized spacial score (nSPS) is 14.5. The average molecular weight is 366 g/mol. The van der Waals surface area contributed by atoms with Gasteiger partial charge in [-0.3, -0.25) is 15.0 Å². The monoisotopic (exact) mass is 366 g/mol. The summed E-state index contributed by atoms with van der Waals surface area (Å²) in [6.07, 6.45) is -2.03. The number of carbonyl (C=O) groups is 2.